The van der Waals surface area contributed by atoms with E-state index in [1.807, 2.05) is 32.8 Å². The van der Waals surface area contributed by atoms with Crippen molar-refractivity contribution in [2.45, 2.75) is 32.8 Å². The molecular weight excluding hydrogens is 254 g/mol. The van der Waals surface area contributed by atoms with Crippen LogP contribution in [0.1, 0.15) is 25.8 Å². The maximum Gasteiger partial charge on any atom is 0.134 e. The molecule has 114 valence electrons. The van der Waals surface area contributed by atoms with Crippen LogP contribution < -0.4 is 10.6 Å². The number of hydrogen-bond donors (Lipinski definition) is 3. The molecule has 0 aliphatic rings. The molecule has 0 saturated carbocycles. The van der Waals surface area contributed by atoms with Gasteiger partial charge in [0.1, 0.15) is 18.0 Å². The van der Waals surface area contributed by atoms with Gasteiger partial charge in [0.25, 0.3) is 0 Å². The molecule has 3 N–H and O–H groups in total. The number of anilines is 2. The van der Waals surface area contributed by atoms with E-state index in [9.17, 15) is 5.11 Å². The highest BCUT2D eigenvalue weighted by molar-refractivity contribution is 5.56. The zero-order valence-corrected chi connectivity index (χ0v) is 13.2. The van der Waals surface area contributed by atoms with Crippen molar-refractivity contribution in [3.05, 3.63) is 11.9 Å². The monoisotopic (exact) mass is 281 g/mol. The van der Waals surface area contributed by atoms with E-state index in [-0.39, 0.29) is 0 Å². The molecule has 0 aliphatic carbocycles. The molecule has 6 heteroatoms. The first-order chi connectivity index (χ1) is 9.35. The lowest BCUT2D eigenvalue weighted by Gasteiger charge is -2.27. The first-order valence-electron chi connectivity index (χ1n) is 7.02. The number of nitrogens with zero attached hydrogens (tertiary/aromatic N) is 3. The maximum absolute atomic E-state index is 10.3. The van der Waals surface area contributed by atoms with Crippen molar-refractivity contribution in [3.63, 3.8) is 0 Å². The summed E-state index contributed by atoms with van der Waals surface area (Å²) in [5.74, 6) is 1.61. The van der Waals surface area contributed by atoms with E-state index in [1.165, 1.54) is 6.33 Å². The van der Waals surface area contributed by atoms with Gasteiger partial charge in [0.05, 0.1) is 5.60 Å². The van der Waals surface area contributed by atoms with E-state index in [4.69, 9.17) is 0 Å². The van der Waals surface area contributed by atoms with Crippen LogP contribution in [0.4, 0.5) is 11.6 Å². The predicted octanol–water partition coefficient (Wildman–Crippen LogP) is 1.33. The second-order valence-corrected chi connectivity index (χ2v) is 5.71. The van der Waals surface area contributed by atoms with Gasteiger partial charge >= 0.3 is 0 Å². The molecule has 0 saturated heterocycles. The summed E-state index contributed by atoms with van der Waals surface area (Å²) in [4.78, 5) is 10.4. The third-order valence-corrected chi connectivity index (χ3v) is 2.92. The van der Waals surface area contributed by atoms with Crippen LogP contribution in [0.5, 0.6) is 0 Å². The summed E-state index contributed by atoms with van der Waals surface area (Å²) in [6, 6.07) is 0. The van der Waals surface area contributed by atoms with Gasteiger partial charge in [-0.25, -0.2) is 9.97 Å². The molecule has 1 atom stereocenters. The Balaban J connectivity index is 2.68. The fraction of sp³-hybridized carbons (Fsp3) is 0.714. The van der Waals surface area contributed by atoms with Crippen molar-refractivity contribution in [3.8, 4) is 0 Å². The number of nitrogens with one attached hydrogen (secondary N) is 2. The molecule has 0 fully saturated rings. The molecule has 20 heavy (non-hydrogen) atoms. The van der Waals surface area contributed by atoms with E-state index in [0.29, 0.717) is 13.1 Å². The zero-order valence-electron chi connectivity index (χ0n) is 13.2. The summed E-state index contributed by atoms with van der Waals surface area (Å²) >= 11 is 0. The fourth-order valence-electron chi connectivity index (χ4n) is 2.06. The standard InChI is InChI=1S/C14H27N5O/c1-6-7-15-12-11(2)13(18-10-17-12)16-8-14(3,20)9-19(4)5/h10,20H,6-9H2,1-5H3,(H2,15,16,17,18). The summed E-state index contributed by atoms with van der Waals surface area (Å²) in [5, 5.41) is 16.8. The van der Waals surface area contributed by atoms with Crippen molar-refractivity contribution in [2.75, 3.05) is 44.4 Å². The highest BCUT2D eigenvalue weighted by Crippen LogP contribution is 2.19. The van der Waals surface area contributed by atoms with Gasteiger partial charge in [0, 0.05) is 25.2 Å². The van der Waals surface area contributed by atoms with E-state index in [2.05, 4.69) is 27.5 Å². The van der Waals surface area contributed by atoms with Crippen LogP contribution >= 0.6 is 0 Å². The minimum absolute atomic E-state index is 0.441. The quantitative estimate of drug-likeness (QED) is 0.667. The van der Waals surface area contributed by atoms with E-state index in [0.717, 1.165) is 30.2 Å². The summed E-state index contributed by atoms with van der Waals surface area (Å²) in [5.41, 5.74) is 0.166. The average molecular weight is 281 g/mol. The van der Waals surface area contributed by atoms with Crippen molar-refractivity contribution in [1.29, 1.82) is 0 Å². The highest BCUT2D eigenvalue weighted by Gasteiger charge is 2.21. The molecule has 0 bridgehead atoms. The molecule has 1 aromatic rings. The van der Waals surface area contributed by atoms with Crippen molar-refractivity contribution >= 4 is 11.6 Å². The second-order valence-electron chi connectivity index (χ2n) is 5.71. The van der Waals surface area contributed by atoms with E-state index >= 15 is 0 Å². The Hall–Kier alpha value is -1.40. The lowest BCUT2D eigenvalue weighted by atomic mass is 10.1. The summed E-state index contributed by atoms with van der Waals surface area (Å²) < 4.78 is 0. The fourth-order valence-corrected chi connectivity index (χ4v) is 2.06. The van der Waals surface area contributed by atoms with Gasteiger partial charge in [-0.15, -0.1) is 0 Å². The van der Waals surface area contributed by atoms with Gasteiger partial charge in [-0.2, -0.15) is 0 Å². The van der Waals surface area contributed by atoms with Crippen LogP contribution in [0.15, 0.2) is 6.33 Å². The Morgan fingerprint density at radius 1 is 1.25 bits per heavy atom. The largest absolute Gasteiger partial charge is 0.387 e. The Bertz CT molecular complexity index is 420. The van der Waals surface area contributed by atoms with Crippen LogP contribution in [0.25, 0.3) is 0 Å². The van der Waals surface area contributed by atoms with Crippen molar-refractivity contribution in [1.82, 2.24) is 14.9 Å². The van der Waals surface area contributed by atoms with Gasteiger partial charge in [0.2, 0.25) is 0 Å². The molecular formula is C14H27N5O. The minimum atomic E-state index is -0.808. The summed E-state index contributed by atoms with van der Waals surface area (Å²) in [6.07, 6.45) is 2.58. The van der Waals surface area contributed by atoms with Gasteiger partial charge in [-0.05, 0) is 34.4 Å². The molecule has 1 aromatic heterocycles. The van der Waals surface area contributed by atoms with Gasteiger partial charge in [-0.3, -0.25) is 0 Å². The highest BCUT2D eigenvalue weighted by atomic mass is 16.3. The number of aromatic nitrogens is 2. The SMILES string of the molecule is CCCNc1ncnc(NCC(C)(O)CN(C)C)c1C. The number of aliphatic hydroxyl groups is 1. The summed E-state index contributed by atoms with van der Waals surface area (Å²) in [6.45, 7) is 7.81. The first-order valence-corrected chi connectivity index (χ1v) is 7.02. The molecule has 1 heterocycles. The molecule has 6 nitrogen and oxygen atoms in total. The van der Waals surface area contributed by atoms with Crippen LogP contribution in [0.3, 0.4) is 0 Å². The van der Waals surface area contributed by atoms with Crippen LogP contribution in [0.2, 0.25) is 0 Å². The third kappa shape index (κ3) is 5.30. The Kier molecular flexibility index (Phi) is 6.16. The topological polar surface area (TPSA) is 73.3 Å². The van der Waals surface area contributed by atoms with Gasteiger partial charge in [0.15, 0.2) is 0 Å². The summed E-state index contributed by atoms with van der Waals surface area (Å²) in [7, 11) is 3.88. The van der Waals surface area contributed by atoms with Crippen molar-refractivity contribution < 1.29 is 5.11 Å². The lowest BCUT2D eigenvalue weighted by molar-refractivity contribution is 0.0459. The molecule has 1 unspecified atom stereocenters. The second kappa shape index (κ2) is 7.40. The number of hydrogen-bond acceptors (Lipinski definition) is 6. The smallest absolute Gasteiger partial charge is 0.134 e. The van der Waals surface area contributed by atoms with Crippen LogP contribution in [-0.4, -0.2) is 59.3 Å². The molecule has 0 aliphatic heterocycles. The Morgan fingerprint density at radius 3 is 2.40 bits per heavy atom. The lowest BCUT2D eigenvalue weighted by Crippen LogP contribution is -2.43. The van der Waals surface area contributed by atoms with Crippen LogP contribution in [0, 0.1) is 6.92 Å². The average Bonchev–Trinajstić information content (AvgIpc) is 2.34. The Labute approximate surface area is 121 Å². The molecule has 0 amide bonds. The first kappa shape index (κ1) is 16.7. The molecule has 0 aromatic carbocycles. The molecule has 1 rings (SSSR count). The zero-order chi connectivity index (χ0) is 15.2. The predicted molar refractivity (Wildman–Crippen MR) is 83.2 cm³/mol. The van der Waals surface area contributed by atoms with E-state index < -0.39 is 5.60 Å². The Morgan fingerprint density at radius 2 is 1.85 bits per heavy atom. The normalized spacial score (nSPS) is 14.2. The van der Waals surface area contributed by atoms with Gasteiger partial charge < -0.3 is 20.6 Å². The number of likely N-dealkylation sites (N-methyl/N-ethyl adjacent to an activating group) is 1. The maximum atomic E-state index is 10.3. The van der Waals surface area contributed by atoms with E-state index in [1.54, 1.807) is 0 Å². The molecule has 0 radical (unpaired) electrons. The van der Waals surface area contributed by atoms with Crippen LogP contribution in [-0.2, 0) is 0 Å². The van der Waals surface area contributed by atoms with Crippen molar-refractivity contribution in [2.24, 2.45) is 0 Å². The minimum Gasteiger partial charge on any atom is -0.387 e. The molecule has 0 spiro atoms. The van der Waals surface area contributed by atoms with Gasteiger partial charge in [-0.1, -0.05) is 6.92 Å². The number of rotatable bonds is 8. The third-order valence-electron chi connectivity index (χ3n) is 2.92.